The zero-order valence-electron chi connectivity index (χ0n) is 12.8. The molecule has 0 amide bonds. The maximum atomic E-state index is 9.31. The number of aliphatic hydroxyl groups is 1. The predicted molar refractivity (Wildman–Crippen MR) is 84.1 cm³/mol. The van der Waals surface area contributed by atoms with Crippen LogP contribution in [0.4, 0.5) is 0 Å². The molecule has 0 bridgehead atoms. The van der Waals surface area contributed by atoms with Crippen LogP contribution < -0.4 is 0 Å². The molecule has 1 saturated heterocycles. The van der Waals surface area contributed by atoms with Crippen LogP contribution in [0.15, 0.2) is 30.3 Å². The molecule has 116 valence electrons. The Morgan fingerprint density at radius 3 is 2.62 bits per heavy atom. The van der Waals surface area contributed by atoms with Gasteiger partial charge in [0, 0.05) is 19.6 Å². The van der Waals surface area contributed by atoms with Crippen LogP contribution >= 0.6 is 0 Å². The van der Waals surface area contributed by atoms with Gasteiger partial charge in [-0.3, -0.25) is 4.90 Å². The van der Waals surface area contributed by atoms with E-state index in [1.54, 1.807) is 0 Å². The van der Waals surface area contributed by atoms with Gasteiger partial charge in [0.2, 0.25) is 0 Å². The highest BCUT2D eigenvalue weighted by Gasteiger charge is 2.42. The van der Waals surface area contributed by atoms with Crippen LogP contribution in [0, 0.1) is 0 Å². The van der Waals surface area contributed by atoms with E-state index in [0.717, 1.165) is 19.6 Å². The average molecular weight is 289 g/mol. The quantitative estimate of drug-likeness (QED) is 0.874. The van der Waals surface area contributed by atoms with E-state index in [1.807, 2.05) is 6.07 Å². The summed E-state index contributed by atoms with van der Waals surface area (Å²) in [7, 11) is 0. The van der Waals surface area contributed by atoms with Crippen molar-refractivity contribution in [2.24, 2.45) is 0 Å². The summed E-state index contributed by atoms with van der Waals surface area (Å²) in [5.74, 6) is 0. The highest BCUT2D eigenvalue weighted by molar-refractivity contribution is 5.14. The molecule has 1 spiro atoms. The maximum absolute atomic E-state index is 9.31. The lowest BCUT2D eigenvalue weighted by Crippen LogP contribution is -2.35. The van der Waals surface area contributed by atoms with Crippen LogP contribution in [0.5, 0.6) is 0 Å². The largest absolute Gasteiger partial charge is 0.395 e. The minimum atomic E-state index is 0.211. The summed E-state index contributed by atoms with van der Waals surface area (Å²) in [4.78, 5) is 2.33. The molecule has 21 heavy (non-hydrogen) atoms. The van der Waals surface area contributed by atoms with Crippen molar-refractivity contribution in [1.82, 2.24) is 4.90 Å². The molecule has 3 heteroatoms. The van der Waals surface area contributed by atoms with E-state index >= 15 is 0 Å². The van der Waals surface area contributed by atoms with Gasteiger partial charge in [-0.15, -0.1) is 0 Å². The molecular weight excluding hydrogens is 262 g/mol. The molecule has 2 fully saturated rings. The molecule has 1 aromatic carbocycles. The van der Waals surface area contributed by atoms with Crippen LogP contribution in [-0.2, 0) is 11.3 Å². The lowest BCUT2D eigenvalue weighted by molar-refractivity contribution is -0.0490. The molecule has 0 aromatic heterocycles. The van der Waals surface area contributed by atoms with Crippen molar-refractivity contribution < 1.29 is 9.84 Å². The second-order valence-electron chi connectivity index (χ2n) is 6.61. The van der Waals surface area contributed by atoms with Crippen molar-refractivity contribution in [2.45, 2.75) is 56.8 Å². The SMILES string of the molecule is OCCN(Cc1ccccc1)CC1CCC2(CCCC2)O1. The third-order valence-electron chi connectivity index (χ3n) is 4.98. The average Bonchev–Trinajstić information content (AvgIpc) is 3.11. The fraction of sp³-hybridized carbons (Fsp3) is 0.667. The maximum Gasteiger partial charge on any atom is 0.0710 e. The van der Waals surface area contributed by atoms with Crippen molar-refractivity contribution in [3.63, 3.8) is 0 Å². The van der Waals surface area contributed by atoms with Crippen LogP contribution in [0.1, 0.15) is 44.1 Å². The molecule has 1 aromatic rings. The second kappa shape index (κ2) is 6.91. The zero-order valence-corrected chi connectivity index (χ0v) is 12.8. The molecule has 1 heterocycles. The number of hydrogen-bond acceptors (Lipinski definition) is 3. The third kappa shape index (κ3) is 3.85. The molecule has 0 radical (unpaired) electrons. The van der Waals surface area contributed by atoms with Gasteiger partial charge in [-0.25, -0.2) is 0 Å². The first-order valence-corrected chi connectivity index (χ1v) is 8.35. The Kier molecular flexibility index (Phi) is 4.94. The lowest BCUT2D eigenvalue weighted by Gasteiger charge is -2.28. The van der Waals surface area contributed by atoms with Crippen LogP contribution in [-0.4, -0.2) is 41.4 Å². The van der Waals surface area contributed by atoms with Crippen molar-refractivity contribution >= 4 is 0 Å². The molecule has 1 N–H and O–H groups in total. The zero-order chi connectivity index (χ0) is 14.5. The molecular formula is C18H27NO2. The van der Waals surface area contributed by atoms with Gasteiger partial charge >= 0.3 is 0 Å². The van der Waals surface area contributed by atoms with E-state index in [2.05, 4.69) is 29.2 Å². The Morgan fingerprint density at radius 1 is 1.14 bits per heavy atom. The highest BCUT2D eigenvalue weighted by Crippen LogP contribution is 2.43. The number of ether oxygens (including phenoxy) is 1. The topological polar surface area (TPSA) is 32.7 Å². The van der Waals surface area contributed by atoms with Gasteiger partial charge in [0.15, 0.2) is 0 Å². The predicted octanol–water partition coefficient (Wildman–Crippen LogP) is 2.97. The molecule has 3 nitrogen and oxygen atoms in total. The summed E-state index contributed by atoms with van der Waals surface area (Å²) in [5.41, 5.74) is 1.52. The molecule has 1 unspecified atom stereocenters. The first-order chi connectivity index (χ1) is 10.3. The van der Waals surface area contributed by atoms with Gasteiger partial charge in [-0.2, -0.15) is 0 Å². The minimum absolute atomic E-state index is 0.211. The van der Waals surface area contributed by atoms with Gasteiger partial charge in [-0.1, -0.05) is 43.2 Å². The van der Waals surface area contributed by atoms with E-state index in [0.29, 0.717) is 6.10 Å². The van der Waals surface area contributed by atoms with Gasteiger partial charge in [0.1, 0.15) is 0 Å². The van der Waals surface area contributed by atoms with Crippen molar-refractivity contribution in [1.29, 1.82) is 0 Å². The number of rotatable bonds is 6. The van der Waals surface area contributed by atoms with E-state index in [1.165, 1.54) is 44.1 Å². The summed E-state index contributed by atoms with van der Waals surface area (Å²) in [6.07, 6.45) is 7.92. The van der Waals surface area contributed by atoms with Crippen LogP contribution in [0.3, 0.4) is 0 Å². The van der Waals surface area contributed by atoms with E-state index in [9.17, 15) is 5.11 Å². The van der Waals surface area contributed by atoms with E-state index < -0.39 is 0 Å². The summed E-state index contributed by atoms with van der Waals surface area (Å²) in [6, 6.07) is 10.5. The number of aliphatic hydroxyl groups excluding tert-OH is 1. The summed E-state index contributed by atoms with van der Waals surface area (Å²) < 4.78 is 6.40. The van der Waals surface area contributed by atoms with Crippen molar-refractivity contribution in [3.8, 4) is 0 Å². The Bertz CT molecular complexity index is 428. The fourth-order valence-corrected chi connectivity index (χ4v) is 3.92. The summed E-state index contributed by atoms with van der Waals surface area (Å²) >= 11 is 0. The van der Waals surface area contributed by atoms with Gasteiger partial charge in [0.05, 0.1) is 18.3 Å². The van der Waals surface area contributed by atoms with E-state index in [-0.39, 0.29) is 12.2 Å². The summed E-state index contributed by atoms with van der Waals surface area (Å²) in [6.45, 7) is 2.78. The molecule has 1 saturated carbocycles. The Morgan fingerprint density at radius 2 is 1.90 bits per heavy atom. The molecule has 1 aliphatic carbocycles. The van der Waals surface area contributed by atoms with Gasteiger partial charge < -0.3 is 9.84 Å². The Balaban J connectivity index is 1.55. The molecule has 3 rings (SSSR count). The van der Waals surface area contributed by atoms with E-state index in [4.69, 9.17) is 4.74 Å². The number of nitrogens with zero attached hydrogens (tertiary/aromatic N) is 1. The first kappa shape index (κ1) is 15.0. The van der Waals surface area contributed by atoms with Crippen molar-refractivity contribution in [3.05, 3.63) is 35.9 Å². The first-order valence-electron chi connectivity index (χ1n) is 8.35. The van der Waals surface area contributed by atoms with Crippen LogP contribution in [0.25, 0.3) is 0 Å². The lowest BCUT2D eigenvalue weighted by atomic mass is 9.98. The normalized spacial score (nSPS) is 24.2. The standard InChI is InChI=1S/C18H27NO2/c20-13-12-19(14-16-6-2-1-3-7-16)15-17-8-11-18(21-17)9-4-5-10-18/h1-3,6-7,17,20H,4-5,8-15H2. The Labute approximate surface area is 127 Å². The van der Waals surface area contributed by atoms with Crippen molar-refractivity contribution in [2.75, 3.05) is 19.7 Å². The van der Waals surface area contributed by atoms with Crippen LogP contribution in [0.2, 0.25) is 0 Å². The molecule has 1 aliphatic heterocycles. The number of hydrogen-bond donors (Lipinski definition) is 1. The van der Waals surface area contributed by atoms with Gasteiger partial charge in [0.25, 0.3) is 0 Å². The number of benzene rings is 1. The monoisotopic (exact) mass is 289 g/mol. The smallest absolute Gasteiger partial charge is 0.0710 e. The minimum Gasteiger partial charge on any atom is -0.395 e. The van der Waals surface area contributed by atoms with Gasteiger partial charge in [-0.05, 0) is 31.2 Å². The Hall–Kier alpha value is -0.900. The highest BCUT2D eigenvalue weighted by atomic mass is 16.5. The molecule has 2 aliphatic rings. The fourth-order valence-electron chi connectivity index (χ4n) is 3.92. The summed E-state index contributed by atoms with van der Waals surface area (Å²) in [5, 5.41) is 9.31. The molecule has 1 atom stereocenters. The second-order valence-corrected chi connectivity index (χ2v) is 6.61. The third-order valence-corrected chi connectivity index (χ3v) is 4.98.